The normalized spacial score (nSPS) is 24.4. The molecule has 0 saturated carbocycles. The molecule has 0 spiro atoms. The minimum atomic E-state index is -0.297. The van der Waals surface area contributed by atoms with E-state index >= 15 is 0 Å². The van der Waals surface area contributed by atoms with Crippen LogP contribution in [0.1, 0.15) is 12.8 Å². The van der Waals surface area contributed by atoms with Gasteiger partial charge >= 0.3 is 0 Å². The molecule has 2 saturated heterocycles. The molecule has 0 radical (unpaired) electrons. The van der Waals surface area contributed by atoms with E-state index in [1.807, 2.05) is 0 Å². The van der Waals surface area contributed by atoms with Gasteiger partial charge in [-0.05, 0) is 25.0 Å². The lowest BCUT2D eigenvalue weighted by Gasteiger charge is -2.37. The predicted octanol–water partition coefficient (Wildman–Crippen LogP) is 1.66. The Morgan fingerprint density at radius 1 is 1.36 bits per heavy atom. The average molecular weight is 351 g/mol. The molecule has 0 aromatic heterocycles. The minimum absolute atomic E-state index is 0.0957. The van der Waals surface area contributed by atoms with Crippen molar-refractivity contribution in [2.24, 2.45) is 4.99 Å². The van der Waals surface area contributed by atoms with Crippen LogP contribution in [0.15, 0.2) is 29.3 Å². The molecule has 1 aromatic rings. The van der Waals surface area contributed by atoms with Gasteiger partial charge in [0, 0.05) is 32.8 Å². The lowest BCUT2D eigenvalue weighted by molar-refractivity contribution is -0.0817. The summed E-state index contributed by atoms with van der Waals surface area (Å²) in [4.78, 5) is 6.54. The zero-order valence-electron chi connectivity index (χ0n) is 14.6. The molecule has 2 fully saturated rings. The second kappa shape index (κ2) is 9.01. The third kappa shape index (κ3) is 5.06. The molecule has 2 heterocycles. The number of aliphatic imine (C=N–C) groups is 1. The Bertz CT molecular complexity index is 578. The van der Waals surface area contributed by atoms with Gasteiger partial charge in [-0.2, -0.15) is 0 Å². The summed E-state index contributed by atoms with van der Waals surface area (Å²) in [5.41, 5.74) is 0. The monoisotopic (exact) mass is 351 g/mol. The summed E-state index contributed by atoms with van der Waals surface area (Å²) in [6, 6.07) is 6.15. The first-order valence-corrected chi connectivity index (χ1v) is 8.83. The number of ether oxygens (including phenoxy) is 3. The van der Waals surface area contributed by atoms with E-state index in [1.54, 1.807) is 19.2 Å². The van der Waals surface area contributed by atoms with Gasteiger partial charge in [0.05, 0.1) is 19.3 Å². The van der Waals surface area contributed by atoms with Crippen molar-refractivity contribution >= 4 is 5.96 Å². The summed E-state index contributed by atoms with van der Waals surface area (Å²) < 4.78 is 30.3. The summed E-state index contributed by atoms with van der Waals surface area (Å²) in [7, 11) is 1.77. The number of hydrogen-bond acceptors (Lipinski definition) is 4. The van der Waals surface area contributed by atoms with Crippen LogP contribution in [0, 0.1) is 5.82 Å². The standard InChI is InChI=1S/C18H26FN3O3/c1-20-18(21-7-10-23-15-5-2-4-14(19)12-15)22-8-11-25-17(13-22)16-6-3-9-24-16/h2,4-5,12,16-17H,3,6-11,13H2,1H3,(H,20,21). The maximum Gasteiger partial charge on any atom is 0.193 e. The fourth-order valence-corrected chi connectivity index (χ4v) is 3.21. The van der Waals surface area contributed by atoms with Crippen LogP contribution in [0.3, 0.4) is 0 Å². The number of morpholine rings is 1. The Hall–Kier alpha value is -1.86. The maximum absolute atomic E-state index is 13.1. The third-order valence-electron chi connectivity index (χ3n) is 4.43. The molecule has 2 aliphatic heterocycles. The number of halogens is 1. The van der Waals surface area contributed by atoms with E-state index < -0.39 is 0 Å². The van der Waals surface area contributed by atoms with E-state index in [0.29, 0.717) is 25.5 Å². The van der Waals surface area contributed by atoms with Crippen molar-refractivity contribution in [3.05, 3.63) is 30.1 Å². The number of nitrogens with zero attached hydrogens (tertiary/aromatic N) is 2. The van der Waals surface area contributed by atoms with Gasteiger partial charge in [-0.1, -0.05) is 6.07 Å². The first-order valence-electron chi connectivity index (χ1n) is 8.83. The zero-order chi connectivity index (χ0) is 17.5. The van der Waals surface area contributed by atoms with Crippen molar-refractivity contribution in [2.75, 3.05) is 46.5 Å². The van der Waals surface area contributed by atoms with Crippen LogP contribution >= 0.6 is 0 Å². The Labute approximate surface area is 148 Å². The van der Waals surface area contributed by atoms with E-state index in [2.05, 4.69) is 15.2 Å². The quantitative estimate of drug-likeness (QED) is 0.497. The van der Waals surface area contributed by atoms with Crippen LogP contribution in [0.5, 0.6) is 5.75 Å². The van der Waals surface area contributed by atoms with Crippen molar-refractivity contribution in [3.8, 4) is 5.75 Å². The molecule has 1 aromatic carbocycles. The van der Waals surface area contributed by atoms with Crippen molar-refractivity contribution in [1.82, 2.24) is 10.2 Å². The summed E-state index contributed by atoms with van der Waals surface area (Å²) in [5.74, 6) is 1.06. The number of nitrogens with one attached hydrogen (secondary N) is 1. The summed E-state index contributed by atoms with van der Waals surface area (Å²) >= 11 is 0. The summed E-state index contributed by atoms with van der Waals surface area (Å²) in [6.07, 6.45) is 2.46. The molecular weight excluding hydrogens is 325 g/mol. The molecule has 2 atom stereocenters. The smallest absolute Gasteiger partial charge is 0.193 e. The van der Waals surface area contributed by atoms with Crippen LogP contribution in [0.25, 0.3) is 0 Å². The molecule has 2 unspecified atom stereocenters. The fourth-order valence-electron chi connectivity index (χ4n) is 3.21. The second-order valence-corrected chi connectivity index (χ2v) is 6.19. The van der Waals surface area contributed by atoms with Gasteiger partial charge in [0.25, 0.3) is 0 Å². The number of guanidine groups is 1. The van der Waals surface area contributed by atoms with E-state index in [4.69, 9.17) is 14.2 Å². The Morgan fingerprint density at radius 3 is 3.00 bits per heavy atom. The topological polar surface area (TPSA) is 55.3 Å². The number of rotatable bonds is 5. The van der Waals surface area contributed by atoms with E-state index in [1.165, 1.54) is 12.1 Å². The number of benzene rings is 1. The molecule has 0 aliphatic carbocycles. The molecular formula is C18H26FN3O3. The minimum Gasteiger partial charge on any atom is -0.492 e. The fraction of sp³-hybridized carbons (Fsp3) is 0.611. The highest BCUT2D eigenvalue weighted by molar-refractivity contribution is 5.80. The molecule has 3 rings (SSSR count). The third-order valence-corrected chi connectivity index (χ3v) is 4.43. The van der Waals surface area contributed by atoms with Gasteiger partial charge in [-0.15, -0.1) is 0 Å². The number of hydrogen-bond donors (Lipinski definition) is 1. The van der Waals surface area contributed by atoms with Gasteiger partial charge in [0.1, 0.15) is 24.3 Å². The van der Waals surface area contributed by atoms with E-state index in [0.717, 1.165) is 38.5 Å². The average Bonchev–Trinajstić information content (AvgIpc) is 3.17. The van der Waals surface area contributed by atoms with Crippen LogP contribution in [0.2, 0.25) is 0 Å². The molecule has 7 heteroatoms. The van der Waals surface area contributed by atoms with E-state index in [-0.39, 0.29) is 18.0 Å². The lowest BCUT2D eigenvalue weighted by Crippen LogP contribution is -2.53. The predicted molar refractivity (Wildman–Crippen MR) is 93.5 cm³/mol. The molecule has 2 aliphatic rings. The molecule has 0 bridgehead atoms. The van der Waals surface area contributed by atoms with Gasteiger partial charge < -0.3 is 24.4 Å². The van der Waals surface area contributed by atoms with Gasteiger partial charge in [0.15, 0.2) is 5.96 Å². The van der Waals surface area contributed by atoms with Crippen molar-refractivity contribution < 1.29 is 18.6 Å². The maximum atomic E-state index is 13.1. The Morgan fingerprint density at radius 2 is 2.24 bits per heavy atom. The summed E-state index contributed by atoms with van der Waals surface area (Å²) in [6.45, 7) is 4.09. The molecule has 138 valence electrons. The Balaban J connectivity index is 1.44. The van der Waals surface area contributed by atoms with Crippen LogP contribution < -0.4 is 10.1 Å². The second-order valence-electron chi connectivity index (χ2n) is 6.19. The molecule has 25 heavy (non-hydrogen) atoms. The highest BCUT2D eigenvalue weighted by Gasteiger charge is 2.32. The highest BCUT2D eigenvalue weighted by Crippen LogP contribution is 2.21. The van der Waals surface area contributed by atoms with E-state index in [9.17, 15) is 4.39 Å². The molecule has 6 nitrogen and oxygen atoms in total. The SMILES string of the molecule is CN=C(NCCOc1cccc(F)c1)N1CCOC(C2CCCO2)C1. The van der Waals surface area contributed by atoms with Crippen LogP contribution in [0.4, 0.5) is 4.39 Å². The Kier molecular flexibility index (Phi) is 6.47. The first-order chi connectivity index (χ1) is 12.3. The van der Waals surface area contributed by atoms with Crippen molar-refractivity contribution in [3.63, 3.8) is 0 Å². The van der Waals surface area contributed by atoms with Crippen molar-refractivity contribution in [2.45, 2.75) is 25.0 Å². The van der Waals surface area contributed by atoms with Gasteiger partial charge in [0.2, 0.25) is 0 Å². The zero-order valence-corrected chi connectivity index (χ0v) is 14.6. The largest absolute Gasteiger partial charge is 0.492 e. The van der Waals surface area contributed by atoms with Crippen LogP contribution in [-0.2, 0) is 9.47 Å². The molecule has 1 N–H and O–H groups in total. The molecule has 0 amide bonds. The van der Waals surface area contributed by atoms with Gasteiger partial charge in [-0.3, -0.25) is 4.99 Å². The van der Waals surface area contributed by atoms with Crippen molar-refractivity contribution in [1.29, 1.82) is 0 Å². The summed E-state index contributed by atoms with van der Waals surface area (Å²) in [5, 5.41) is 3.30. The highest BCUT2D eigenvalue weighted by atomic mass is 19.1. The first kappa shape index (κ1) is 17.9. The van der Waals surface area contributed by atoms with Crippen LogP contribution in [-0.4, -0.2) is 69.6 Å². The lowest BCUT2D eigenvalue weighted by atomic mass is 10.1. The van der Waals surface area contributed by atoms with Gasteiger partial charge in [-0.25, -0.2) is 4.39 Å².